The van der Waals surface area contributed by atoms with Crippen molar-refractivity contribution in [1.29, 1.82) is 0 Å². The molecular formula is C20H21FN4O3S. The Balaban J connectivity index is 1.51. The molecule has 1 aromatic heterocycles. The van der Waals surface area contributed by atoms with Crippen LogP contribution in [0.1, 0.15) is 13.3 Å². The number of benzene rings is 2. The molecule has 0 unspecified atom stereocenters. The second-order valence-corrected chi connectivity index (χ2v) is 7.25. The summed E-state index contributed by atoms with van der Waals surface area (Å²) in [7, 11) is 0. The van der Waals surface area contributed by atoms with E-state index in [-0.39, 0.29) is 24.4 Å². The molecule has 0 aliphatic heterocycles. The maximum atomic E-state index is 13.5. The van der Waals surface area contributed by atoms with E-state index in [1.54, 1.807) is 27.3 Å². The van der Waals surface area contributed by atoms with Gasteiger partial charge in [-0.2, -0.15) is 0 Å². The molecule has 0 aliphatic carbocycles. The van der Waals surface area contributed by atoms with E-state index in [9.17, 15) is 18.8 Å². The predicted molar refractivity (Wildman–Crippen MR) is 110 cm³/mol. The zero-order chi connectivity index (χ0) is 20.8. The highest BCUT2D eigenvalue weighted by atomic mass is 32.2. The molecule has 0 saturated heterocycles. The number of carbonyl (C=O) groups is 2. The topological polar surface area (TPSA) is 85.1 Å². The highest BCUT2D eigenvalue weighted by Crippen LogP contribution is 2.20. The lowest BCUT2D eigenvalue weighted by Crippen LogP contribution is -2.43. The van der Waals surface area contributed by atoms with Crippen molar-refractivity contribution in [1.82, 2.24) is 20.0 Å². The van der Waals surface area contributed by atoms with E-state index < -0.39 is 17.6 Å². The van der Waals surface area contributed by atoms with Crippen molar-refractivity contribution < 1.29 is 14.0 Å². The Morgan fingerprint density at radius 3 is 2.28 bits per heavy atom. The Morgan fingerprint density at radius 1 is 0.966 bits per heavy atom. The second kappa shape index (κ2) is 9.42. The van der Waals surface area contributed by atoms with Crippen molar-refractivity contribution in [3.8, 4) is 0 Å². The van der Waals surface area contributed by atoms with Crippen molar-refractivity contribution in [2.75, 3.05) is 5.75 Å². The number of amides is 2. The van der Waals surface area contributed by atoms with Gasteiger partial charge < -0.3 is 0 Å². The number of hydrazine groups is 1. The third-order valence-corrected chi connectivity index (χ3v) is 5.39. The fourth-order valence-corrected chi connectivity index (χ4v) is 3.69. The minimum Gasteiger partial charge on any atom is -0.292 e. The standard InChI is InChI=1S/C20H21FN4O3S/c1-2-24-15-8-4-5-9-16(15)25(20(24)28)12-11-18(26)22-23-19(27)13-29-17-10-6-3-7-14(17)21/h3-10H,2,11-13H2,1H3,(H,22,26)(H,23,27). The number of fused-ring (bicyclic) bond motifs is 1. The van der Waals surface area contributed by atoms with E-state index in [0.717, 1.165) is 22.8 Å². The summed E-state index contributed by atoms with van der Waals surface area (Å²) in [6.07, 6.45) is 0.0262. The summed E-state index contributed by atoms with van der Waals surface area (Å²) in [5.74, 6) is -1.31. The van der Waals surface area contributed by atoms with E-state index in [2.05, 4.69) is 10.9 Å². The van der Waals surface area contributed by atoms with Gasteiger partial charge in [0.05, 0.1) is 16.8 Å². The Bertz CT molecular complexity index is 1090. The Morgan fingerprint density at radius 2 is 1.59 bits per heavy atom. The summed E-state index contributed by atoms with van der Waals surface area (Å²) in [5, 5.41) is 0. The molecule has 3 aromatic rings. The maximum Gasteiger partial charge on any atom is 0.329 e. The summed E-state index contributed by atoms with van der Waals surface area (Å²) in [6.45, 7) is 2.62. The molecule has 2 aromatic carbocycles. The molecule has 9 heteroatoms. The Hall–Kier alpha value is -3.07. The summed E-state index contributed by atoms with van der Waals surface area (Å²) in [4.78, 5) is 36.8. The van der Waals surface area contributed by atoms with Crippen molar-refractivity contribution in [3.05, 3.63) is 64.8 Å². The zero-order valence-corrected chi connectivity index (χ0v) is 16.7. The molecule has 0 fully saturated rings. The summed E-state index contributed by atoms with van der Waals surface area (Å²) in [5.41, 5.74) is 6.03. The fourth-order valence-electron chi connectivity index (χ4n) is 2.95. The number of hydrogen-bond donors (Lipinski definition) is 2. The number of thioether (sulfide) groups is 1. The summed E-state index contributed by atoms with van der Waals surface area (Å²) < 4.78 is 16.7. The van der Waals surface area contributed by atoms with Gasteiger partial charge in [0.15, 0.2) is 0 Å². The first-order valence-corrected chi connectivity index (χ1v) is 10.1. The van der Waals surface area contributed by atoms with Crippen LogP contribution in [0, 0.1) is 5.82 Å². The number of halogens is 1. The maximum absolute atomic E-state index is 13.5. The lowest BCUT2D eigenvalue weighted by atomic mass is 10.3. The Kier molecular flexibility index (Phi) is 6.71. The van der Waals surface area contributed by atoms with Gasteiger partial charge in [0.1, 0.15) is 5.82 Å². The molecule has 1 heterocycles. The van der Waals surface area contributed by atoms with Gasteiger partial charge in [-0.3, -0.25) is 29.6 Å². The number of nitrogens with zero attached hydrogens (tertiary/aromatic N) is 2. The van der Waals surface area contributed by atoms with Crippen LogP contribution >= 0.6 is 11.8 Å². The minimum absolute atomic E-state index is 0.0262. The van der Waals surface area contributed by atoms with Crippen molar-refractivity contribution >= 4 is 34.6 Å². The van der Waals surface area contributed by atoms with Crippen LogP contribution in [0.5, 0.6) is 0 Å². The number of nitrogens with one attached hydrogen (secondary N) is 2. The van der Waals surface area contributed by atoms with Crippen molar-refractivity contribution in [2.24, 2.45) is 0 Å². The lowest BCUT2D eigenvalue weighted by Gasteiger charge is -2.08. The molecule has 2 N–H and O–H groups in total. The average molecular weight is 416 g/mol. The molecule has 2 amide bonds. The molecule has 29 heavy (non-hydrogen) atoms. The number of imidazole rings is 1. The molecule has 152 valence electrons. The van der Waals surface area contributed by atoms with Crippen LogP contribution in [0.4, 0.5) is 4.39 Å². The molecule has 7 nitrogen and oxygen atoms in total. The number of aryl methyl sites for hydroxylation is 2. The molecule has 0 saturated carbocycles. The predicted octanol–water partition coefficient (Wildman–Crippen LogP) is 2.29. The normalized spacial score (nSPS) is 10.8. The van der Waals surface area contributed by atoms with Gasteiger partial charge in [-0.25, -0.2) is 9.18 Å². The molecule has 3 rings (SSSR count). The zero-order valence-electron chi connectivity index (χ0n) is 15.9. The van der Waals surface area contributed by atoms with Crippen LogP contribution in [-0.2, 0) is 22.7 Å². The van der Waals surface area contributed by atoms with Crippen molar-refractivity contribution in [2.45, 2.75) is 31.3 Å². The smallest absolute Gasteiger partial charge is 0.292 e. The van der Waals surface area contributed by atoms with Crippen molar-refractivity contribution in [3.63, 3.8) is 0 Å². The molecule has 0 bridgehead atoms. The van der Waals surface area contributed by atoms with Gasteiger partial charge >= 0.3 is 5.69 Å². The SMILES string of the molecule is CCn1c(=O)n(CCC(=O)NNC(=O)CSc2ccccc2F)c2ccccc21. The monoisotopic (exact) mass is 416 g/mol. The van der Waals surface area contributed by atoms with Gasteiger partial charge in [-0.1, -0.05) is 24.3 Å². The highest BCUT2D eigenvalue weighted by Gasteiger charge is 2.13. The number of para-hydroxylation sites is 2. The number of hydrogen-bond acceptors (Lipinski definition) is 4. The van der Waals surface area contributed by atoms with Crippen LogP contribution in [0.2, 0.25) is 0 Å². The van der Waals surface area contributed by atoms with Gasteiger partial charge in [0.25, 0.3) is 0 Å². The Labute approximate surface area is 170 Å². The molecule has 0 atom stereocenters. The van der Waals surface area contributed by atoms with E-state index in [4.69, 9.17) is 0 Å². The first-order chi connectivity index (χ1) is 14.0. The first-order valence-electron chi connectivity index (χ1n) is 9.14. The quantitative estimate of drug-likeness (QED) is 0.457. The summed E-state index contributed by atoms with van der Waals surface area (Å²) in [6, 6.07) is 13.6. The van der Waals surface area contributed by atoms with Gasteiger partial charge in [-0.05, 0) is 31.2 Å². The first kappa shape index (κ1) is 20.7. The van der Waals surface area contributed by atoms with E-state index in [0.29, 0.717) is 11.4 Å². The molecule has 0 aliphatic rings. The van der Waals surface area contributed by atoms with Crippen LogP contribution in [0.25, 0.3) is 11.0 Å². The largest absolute Gasteiger partial charge is 0.329 e. The number of aromatic nitrogens is 2. The molecular weight excluding hydrogens is 395 g/mol. The minimum atomic E-state index is -0.452. The van der Waals surface area contributed by atoms with Gasteiger partial charge in [-0.15, -0.1) is 11.8 Å². The van der Waals surface area contributed by atoms with Gasteiger partial charge in [0, 0.05) is 24.4 Å². The van der Waals surface area contributed by atoms with Gasteiger partial charge in [0.2, 0.25) is 11.8 Å². The van der Waals surface area contributed by atoms with E-state index in [1.807, 2.05) is 31.2 Å². The third-order valence-electron chi connectivity index (χ3n) is 4.34. The fraction of sp³-hybridized carbons (Fsp3) is 0.250. The average Bonchev–Trinajstić information content (AvgIpc) is 3.00. The van der Waals surface area contributed by atoms with Crippen LogP contribution in [-0.4, -0.2) is 26.7 Å². The van der Waals surface area contributed by atoms with E-state index in [1.165, 1.54) is 6.07 Å². The van der Waals surface area contributed by atoms with Crippen LogP contribution in [0.15, 0.2) is 58.2 Å². The molecule has 0 radical (unpaired) electrons. The lowest BCUT2D eigenvalue weighted by molar-refractivity contribution is -0.127. The van der Waals surface area contributed by atoms with Crippen LogP contribution < -0.4 is 16.5 Å². The summed E-state index contributed by atoms with van der Waals surface area (Å²) >= 11 is 1.04. The third kappa shape index (κ3) is 4.86. The highest BCUT2D eigenvalue weighted by molar-refractivity contribution is 8.00. The second-order valence-electron chi connectivity index (χ2n) is 6.23. The number of carbonyl (C=O) groups excluding carboxylic acids is 2. The number of rotatable bonds is 7. The van der Waals surface area contributed by atoms with E-state index >= 15 is 0 Å². The molecule has 0 spiro atoms. The van der Waals surface area contributed by atoms with Crippen LogP contribution in [0.3, 0.4) is 0 Å².